The highest BCUT2D eigenvalue weighted by Crippen LogP contribution is 2.36. The molecule has 0 spiro atoms. The summed E-state index contributed by atoms with van der Waals surface area (Å²) in [6.07, 6.45) is 8.08. The number of allylic oxidation sites excluding steroid dienone is 4. The van der Waals surface area contributed by atoms with Crippen molar-refractivity contribution in [3.63, 3.8) is 0 Å². The molecule has 2 aromatic rings. The van der Waals surface area contributed by atoms with Gasteiger partial charge in [0, 0.05) is 17.0 Å². The Morgan fingerprint density at radius 3 is 2.40 bits per heavy atom. The number of benzene rings is 2. The topological polar surface area (TPSA) is 20.2 Å². The van der Waals surface area contributed by atoms with Gasteiger partial charge in [-0.25, -0.2) is 0 Å². The average Bonchev–Trinajstić information content (AvgIpc) is 2.48. The third-order valence-corrected chi connectivity index (χ3v) is 3.35. The maximum Gasteiger partial charge on any atom is 0.127 e. The van der Waals surface area contributed by atoms with Crippen molar-refractivity contribution in [3.05, 3.63) is 78.4 Å². The van der Waals surface area contributed by atoms with Crippen molar-refractivity contribution in [1.82, 2.24) is 0 Å². The second-order valence-electron chi connectivity index (χ2n) is 4.81. The molecule has 0 aliphatic heterocycles. The van der Waals surface area contributed by atoms with Gasteiger partial charge in [-0.3, -0.25) is 0 Å². The molecule has 1 heteroatoms. The quantitative estimate of drug-likeness (QED) is 0.743. The monoisotopic (exact) mass is 264 g/mol. The van der Waals surface area contributed by atoms with Crippen molar-refractivity contribution in [2.75, 3.05) is 0 Å². The van der Waals surface area contributed by atoms with Gasteiger partial charge in [-0.05, 0) is 12.5 Å². The van der Waals surface area contributed by atoms with Crippen LogP contribution in [0.3, 0.4) is 0 Å². The number of para-hydroxylation sites is 1. The molecular weight excluding hydrogens is 244 g/mol. The van der Waals surface area contributed by atoms with Crippen LogP contribution in [0.1, 0.15) is 25.3 Å². The highest BCUT2D eigenvalue weighted by molar-refractivity contribution is 5.72. The van der Waals surface area contributed by atoms with E-state index >= 15 is 0 Å². The number of rotatable bonds is 4. The molecule has 0 fully saturated rings. The highest BCUT2D eigenvalue weighted by atomic mass is 16.3. The fourth-order valence-electron chi connectivity index (χ4n) is 2.23. The average molecular weight is 264 g/mol. The molecule has 0 saturated carbocycles. The first-order valence-electron chi connectivity index (χ1n) is 6.91. The van der Waals surface area contributed by atoms with Crippen LogP contribution < -0.4 is 0 Å². The maximum atomic E-state index is 10.5. The maximum absolute atomic E-state index is 10.5. The molecule has 0 bridgehead atoms. The van der Waals surface area contributed by atoms with Crippen molar-refractivity contribution in [3.8, 4) is 16.9 Å². The van der Waals surface area contributed by atoms with E-state index in [1.54, 1.807) is 0 Å². The summed E-state index contributed by atoms with van der Waals surface area (Å²) in [5, 5.41) is 10.5. The molecule has 2 rings (SSSR count). The minimum atomic E-state index is 0.176. The number of hydrogen-bond donors (Lipinski definition) is 1. The van der Waals surface area contributed by atoms with Crippen molar-refractivity contribution < 1.29 is 5.11 Å². The zero-order valence-corrected chi connectivity index (χ0v) is 12.0. The second kappa shape index (κ2) is 6.76. The van der Waals surface area contributed by atoms with Crippen molar-refractivity contribution in [2.24, 2.45) is 0 Å². The third kappa shape index (κ3) is 3.18. The predicted molar refractivity (Wildman–Crippen MR) is 85.9 cm³/mol. The first-order chi connectivity index (χ1) is 9.74. The number of phenols is 1. The van der Waals surface area contributed by atoms with E-state index in [0.29, 0.717) is 5.75 Å². The lowest BCUT2D eigenvalue weighted by Gasteiger charge is -2.13. The van der Waals surface area contributed by atoms with Gasteiger partial charge >= 0.3 is 0 Å². The number of phenolic OH excluding ortho intramolecular Hbond substituents is 1. The van der Waals surface area contributed by atoms with Crippen LogP contribution in [0.5, 0.6) is 5.75 Å². The zero-order chi connectivity index (χ0) is 14.4. The lowest BCUT2D eigenvalue weighted by Crippen LogP contribution is -1.91. The summed E-state index contributed by atoms with van der Waals surface area (Å²) in [5.41, 5.74) is 2.87. The molecule has 0 radical (unpaired) electrons. The zero-order valence-electron chi connectivity index (χ0n) is 12.0. The van der Waals surface area contributed by atoms with Gasteiger partial charge in [-0.2, -0.15) is 0 Å². The van der Waals surface area contributed by atoms with E-state index in [4.69, 9.17) is 0 Å². The fourth-order valence-corrected chi connectivity index (χ4v) is 2.23. The third-order valence-electron chi connectivity index (χ3n) is 3.35. The second-order valence-corrected chi connectivity index (χ2v) is 4.81. The van der Waals surface area contributed by atoms with E-state index in [1.165, 1.54) is 0 Å². The molecule has 1 unspecified atom stereocenters. The smallest absolute Gasteiger partial charge is 0.127 e. The molecule has 0 aliphatic rings. The van der Waals surface area contributed by atoms with Gasteiger partial charge in [0.25, 0.3) is 0 Å². The molecule has 0 amide bonds. The van der Waals surface area contributed by atoms with Crippen LogP contribution in [0, 0.1) is 0 Å². The minimum absolute atomic E-state index is 0.176. The normalized spacial score (nSPS) is 13.1. The van der Waals surface area contributed by atoms with E-state index in [2.05, 4.69) is 13.0 Å². The van der Waals surface area contributed by atoms with Crippen LogP contribution in [0.25, 0.3) is 11.1 Å². The molecule has 0 saturated heterocycles. The van der Waals surface area contributed by atoms with Gasteiger partial charge in [-0.1, -0.05) is 79.8 Å². The van der Waals surface area contributed by atoms with Crippen LogP contribution in [0.4, 0.5) is 0 Å². The summed E-state index contributed by atoms with van der Waals surface area (Å²) < 4.78 is 0. The summed E-state index contributed by atoms with van der Waals surface area (Å²) in [4.78, 5) is 0. The molecule has 0 heterocycles. The SMILES string of the molecule is C/C=C\C=C/C(C)c1cccc(-c2ccccc2)c1O. The van der Waals surface area contributed by atoms with Crippen LogP contribution in [-0.4, -0.2) is 5.11 Å². The summed E-state index contributed by atoms with van der Waals surface area (Å²) in [6, 6.07) is 15.9. The number of aromatic hydroxyl groups is 1. The van der Waals surface area contributed by atoms with E-state index in [9.17, 15) is 5.11 Å². The molecule has 20 heavy (non-hydrogen) atoms. The lowest BCUT2D eigenvalue weighted by molar-refractivity contribution is 0.469. The van der Waals surface area contributed by atoms with E-state index in [1.807, 2.05) is 73.7 Å². The first kappa shape index (κ1) is 14.1. The molecular formula is C19H20O. The Morgan fingerprint density at radius 1 is 0.950 bits per heavy atom. The van der Waals surface area contributed by atoms with Crippen molar-refractivity contribution in [2.45, 2.75) is 19.8 Å². The van der Waals surface area contributed by atoms with Crippen LogP contribution >= 0.6 is 0 Å². The van der Waals surface area contributed by atoms with E-state index in [0.717, 1.165) is 16.7 Å². The molecule has 2 aromatic carbocycles. The van der Waals surface area contributed by atoms with Gasteiger partial charge in [0.05, 0.1) is 0 Å². The van der Waals surface area contributed by atoms with Crippen LogP contribution in [0.15, 0.2) is 72.8 Å². The lowest BCUT2D eigenvalue weighted by atomic mass is 9.94. The van der Waals surface area contributed by atoms with Crippen molar-refractivity contribution >= 4 is 0 Å². The van der Waals surface area contributed by atoms with Crippen molar-refractivity contribution in [1.29, 1.82) is 0 Å². The Balaban J connectivity index is 2.37. The van der Waals surface area contributed by atoms with Gasteiger partial charge < -0.3 is 5.11 Å². The fraction of sp³-hybridized carbons (Fsp3) is 0.158. The Labute approximate surface area is 120 Å². The molecule has 102 valence electrons. The van der Waals surface area contributed by atoms with E-state index in [-0.39, 0.29) is 5.92 Å². The molecule has 1 atom stereocenters. The molecule has 0 aromatic heterocycles. The highest BCUT2D eigenvalue weighted by Gasteiger charge is 2.12. The summed E-state index contributed by atoms with van der Waals surface area (Å²) in [7, 11) is 0. The van der Waals surface area contributed by atoms with Gasteiger partial charge in [0.2, 0.25) is 0 Å². The Bertz CT molecular complexity index is 609. The van der Waals surface area contributed by atoms with Gasteiger partial charge in [-0.15, -0.1) is 0 Å². The largest absolute Gasteiger partial charge is 0.507 e. The Hall–Kier alpha value is -2.28. The van der Waals surface area contributed by atoms with Gasteiger partial charge in [0.1, 0.15) is 5.75 Å². The minimum Gasteiger partial charge on any atom is -0.507 e. The molecule has 0 aliphatic carbocycles. The predicted octanol–water partition coefficient (Wildman–Crippen LogP) is 5.30. The standard InChI is InChI=1S/C19H20O/c1-3-4-6-10-15(2)17-13-9-14-18(19(17)20)16-11-7-5-8-12-16/h3-15,20H,1-2H3/b4-3-,10-6-. The number of hydrogen-bond acceptors (Lipinski definition) is 1. The molecule has 1 N–H and O–H groups in total. The first-order valence-corrected chi connectivity index (χ1v) is 6.91. The summed E-state index contributed by atoms with van der Waals surface area (Å²) >= 11 is 0. The van der Waals surface area contributed by atoms with Crippen LogP contribution in [0.2, 0.25) is 0 Å². The summed E-state index contributed by atoms with van der Waals surface area (Å²) in [6.45, 7) is 4.08. The Morgan fingerprint density at radius 2 is 1.70 bits per heavy atom. The molecule has 1 nitrogen and oxygen atoms in total. The van der Waals surface area contributed by atoms with E-state index < -0.39 is 0 Å². The van der Waals surface area contributed by atoms with Gasteiger partial charge in [0.15, 0.2) is 0 Å². The van der Waals surface area contributed by atoms with Crippen LogP contribution in [-0.2, 0) is 0 Å². The Kier molecular flexibility index (Phi) is 4.78. The summed E-state index contributed by atoms with van der Waals surface area (Å²) in [5.74, 6) is 0.547.